The molecule has 0 radical (unpaired) electrons. The van der Waals surface area contributed by atoms with Gasteiger partial charge in [-0.1, -0.05) is 18.0 Å². The number of rotatable bonds is 5. The Bertz CT molecular complexity index is 356. The normalized spacial score (nSPS) is 24.4. The van der Waals surface area contributed by atoms with E-state index in [9.17, 15) is 5.11 Å². The molecule has 1 aliphatic carbocycles. The van der Waals surface area contributed by atoms with Gasteiger partial charge < -0.3 is 14.9 Å². The van der Waals surface area contributed by atoms with E-state index >= 15 is 0 Å². The van der Waals surface area contributed by atoms with E-state index in [0.29, 0.717) is 18.4 Å². The van der Waals surface area contributed by atoms with Crippen molar-refractivity contribution in [1.29, 1.82) is 0 Å². The number of hydrogen-bond donors (Lipinski definition) is 2. The van der Waals surface area contributed by atoms with Crippen LogP contribution in [0.25, 0.3) is 0 Å². The van der Waals surface area contributed by atoms with Gasteiger partial charge in [0.1, 0.15) is 5.76 Å². The molecular weight excluding hydrogens is 228 g/mol. The first kappa shape index (κ1) is 13.6. The molecule has 0 aliphatic heterocycles. The molecule has 0 spiro atoms. The van der Waals surface area contributed by atoms with Crippen LogP contribution in [-0.4, -0.2) is 23.4 Å². The van der Waals surface area contributed by atoms with Gasteiger partial charge in [0, 0.05) is 18.7 Å². The molecule has 1 aromatic rings. The molecule has 2 unspecified atom stereocenters. The van der Waals surface area contributed by atoms with Crippen molar-refractivity contribution < 1.29 is 9.63 Å². The Hall–Kier alpha value is -0.870. The van der Waals surface area contributed by atoms with Crippen LogP contribution in [-0.2, 0) is 6.54 Å². The van der Waals surface area contributed by atoms with Crippen LogP contribution in [0.2, 0.25) is 0 Å². The molecule has 2 rings (SSSR count). The van der Waals surface area contributed by atoms with Crippen molar-refractivity contribution in [2.75, 3.05) is 13.2 Å². The highest BCUT2D eigenvalue weighted by Crippen LogP contribution is 2.29. The number of aliphatic hydroxyl groups is 1. The summed E-state index contributed by atoms with van der Waals surface area (Å²) in [6, 6.07) is 0. The third kappa shape index (κ3) is 3.12. The Balaban J connectivity index is 1.81. The predicted octanol–water partition coefficient (Wildman–Crippen LogP) is 2.18. The molecule has 2 N–H and O–H groups in total. The maximum Gasteiger partial charge on any atom is 0.138 e. The molecule has 1 fully saturated rings. The minimum absolute atomic E-state index is 0.331. The Kier molecular flexibility index (Phi) is 4.78. The smallest absolute Gasteiger partial charge is 0.138 e. The Morgan fingerprint density at radius 2 is 2.00 bits per heavy atom. The van der Waals surface area contributed by atoms with E-state index in [1.807, 2.05) is 13.8 Å². The second kappa shape index (κ2) is 6.34. The van der Waals surface area contributed by atoms with Gasteiger partial charge in [0.05, 0.1) is 5.69 Å². The SMILES string of the molecule is Cc1noc(C)c1CNCC1CCCCC1CO. The van der Waals surface area contributed by atoms with Crippen molar-refractivity contribution in [3.63, 3.8) is 0 Å². The molecule has 0 aromatic carbocycles. The average Bonchev–Trinajstić information content (AvgIpc) is 2.71. The standard InChI is InChI=1S/C14H24N2O2/c1-10-14(11(2)18-16-10)8-15-7-12-5-3-4-6-13(12)9-17/h12-13,15,17H,3-9H2,1-2H3. The van der Waals surface area contributed by atoms with Gasteiger partial charge in [-0.15, -0.1) is 0 Å². The monoisotopic (exact) mass is 252 g/mol. The summed E-state index contributed by atoms with van der Waals surface area (Å²) in [5.41, 5.74) is 2.15. The largest absolute Gasteiger partial charge is 0.396 e. The van der Waals surface area contributed by atoms with E-state index in [2.05, 4.69) is 10.5 Å². The second-order valence-corrected chi connectivity index (χ2v) is 5.42. The van der Waals surface area contributed by atoms with Crippen molar-refractivity contribution in [2.24, 2.45) is 11.8 Å². The molecule has 18 heavy (non-hydrogen) atoms. The molecule has 2 atom stereocenters. The quantitative estimate of drug-likeness (QED) is 0.843. The van der Waals surface area contributed by atoms with Crippen LogP contribution in [0.3, 0.4) is 0 Å². The molecular formula is C14H24N2O2. The van der Waals surface area contributed by atoms with E-state index in [0.717, 1.165) is 24.5 Å². The lowest BCUT2D eigenvalue weighted by Crippen LogP contribution is -2.32. The summed E-state index contributed by atoms with van der Waals surface area (Å²) >= 11 is 0. The van der Waals surface area contributed by atoms with Gasteiger partial charge in [-0.25, -0.2) is 0 Å². The maximum atomic E-state index is 9.38. The summed E-state index contributed by atoms with van der Waals surface area (Å²) in [4.78, 5) is 0. The molecule has 0 amide bonds. The summed E-state index contributed by atoms with van der Waals surface area (Å²) in [6.07, 6.45) is 4.98. The van der Waals surface area contributed by atoms with Crippen molar-refractivity contribution >= 4 is 0 Å². The van der Waals surface area contributed by atoms with Crippen LogP contribution in [0, 0.1) is 25.7 Å². The first-order valence-corrected chi connectivity index (χ1v) is 6.95. The van der Waals surface area contributed by atoms with Gasteiger partial charge in [-0.05, 0) is 45.1 Å². The number of aryl methyl sites for hydroxylation is 2. The van der Waals surface area contributed by atoms with Crippen LogP contribution in [0.15, 0.2) is 4.52 Å². The molecule has 0 saturated heterocycles. The highest BCUT2D eigenvalue weighted by atomic mass is 16.5. The zero-order valence-electron chi connectivity index (χ0n) is 11.4. The molecule has 4 nitrogen and oxygen atoms in total. The number of nitrogens with zero attached hydrogens (tertiary/aromatic N) is 1. The lowest BCUT2D eigenvalue weighted by Gasteiger charge is -2.30. The molecule has 102 valence electrons. The van der Waals surface area contributed by atoms with Crippen molar-refractivity contribution in [1.82, 2.24) is 10.5 Å². The zero-order valence-corrected chi connectivity index (χ0v) is 11.4. The minimum Gasteiger partial charge on any atom is -0.396 e. The fourth-order valence-corrected chi connectivity index (χ4v) is 2.93. The topological polar surface area (TPSA) is 58.3 Å². The van der Waals surface area contributed by atoms with E-state index in [-0.39, 0.29) is 0 Å². The first-order valence-electron chi connectivity index (χ1n) is 6.95. The van der Waals surface area contributed by atoms with Crippen molar-refractivity contribution in [3.05, 3.63) is 17.0 Å². The van der Waals surface area contributed by atoms with Crippen LogP contribution >= 0.6 is 0 Å². The fraction of sp³-hybridized carbons (Fsp3) is 0.786. The lowest BCUT2D eigenvalue weighted by atomic mass is 9.79. The summed E-state index contributed by atoms with van der Waals surface area (Å²) < 4.78 is 5.15. The Labute approximate surface area is 109 Å². The van der Waals surface area contributed by atoms with Crippen molar-refractivity contribution in [3.8, 4) is 0 Å². The van der Waals surface area contributed by atoms with E-state index in [4.69, 9.17) is 4.52 Å². The Morgan fingerprint density at radius 1 is 1.28 bits per heavy atom. The zero-order chi connectivity index (χ0) is 13.0. The highest BCUT2D eigenvalue weighted by Gasteiger charge is 2.24. The van der Waals surface area contributed by atoms with E-state index in [1.54, 1.807) is 0 Å². The Morgan fingerprint density at radius 3 is 2.61 bits per heavy atom. The molecule has 0 bridgehead atoms. The molecule has 1 aliphatic rings. The van der Waals surface area contributed by atoms with Crippen LogP contribution < -0.4 is 5.32 Å². The summed E-state index contributed by atoms with van der Waals surface area (Å²) in [5, 5.41) is 16.8. The number of aromatic nitrogens is 1. The summed E-state index contributed by atoms with van der Waals surface area (Å²) in [5.74, 6) is 2.00. The van der Waals surface area contributed by atoms with E-state index < -0.39 is 0 Å². The van der Waals surface area contributed by atoms with Crippen LogP contribution in [0.5, 0.6) is 0 Å². The van der Waals surface area contributed by atoms with Gasteiger partial charge in [-0.3, -0.25) is 0 Å². The fourth-order valence-electron chi connectivity index (χ4n) is 2.93. The number of nitrogens with one attached hydrogen (secondary N) is 1. The van der Waals surface area contributed by atoms with Crippen LogP contribution in [0.4, 0.5) is 0 Å². The molecule has 4 heteroatoms. The van der Waals surface area contributed by atoms with Gasteiger partial charge in [0.2, 0.25) is 0 Å². The van der Waals surface area contributed by atoms with Gasteiger partial charge >= 0.3 is 0 Å². The van der Waals surface area contributed by atoms with Gasteiger partial charge in [-0.2, -0.15) is 0 Å². The van der Waals surface area contributed by atoms with Gasteiger partial charge in [0.25, 0.3) is 0 Å². The maximum absolute atomic E-state index is 9.38. The average molecular weight is 252 g/mol. The number of aliphatic hydroxyl groups excluding tert-OH is 1. The lowest BCUT2D eigenvalue weighted by molar-refractivity contribution is 0.133. The minimum atomic E-state index is 0.331. The highest BCUT2D eigenvalue weighted by molar-refractivity contribution is 5.20. The van der Waals surface area contributed by atoms with Crippen molar-refractivity contribution in [2.45, 2.75) is 46.1 Å². The van der Waals surface area contributed by atoms with Gasteiger partial charge in [0.15, 0.2) is 0 Å². The third-order valence-electron chi connectivity index (χ3n) is 4.19. The summed E-state index contributed by atoms with van der Waals surface area (Å²) in [7, 11) is 0. The predicted molar refractivity (Wildman–Crippen MR) is 70.2 cm³/mol. The molecule has 1 saturated carbocycles. The first-order chi connectivity index (χ1) is 8.72. The van der Waals surface area contributed by atoms with Crippen LogP contribution in [0.1, 0.15) is 42.7 Å². The molecule has 1 heterocycles. The second-order valence-electron chi connectivity index (χ2n) is 5.42. The third-order valence-corrected chi connectivity index (χ3v) is 4.19. The number of hydrogen-bond acceptors (Lipinski definition) is 4. The van der Waals surface area contributed by atoms with E-state index in [1.165, 1.54) is 31.2 Å². The summed E-state index contributed by atoms with van der Waals surface area (Å²) in [6.45, 7) is 6.06. The molecule has 1 aromatic heterocycles.